The van der Waals surface area contributed by atoms with Crippen LogP contribution in [0.25, 0.3) is 10.9 Å². The lowest BCUT2D eigenvalue weighted by molar-refractivity contribution is 0.0526. The first-order valence-electron chi connectivity index (χ1n) is 11.2. The average Bonchev–Trinajstić information content (AvgIpc) is 2.89. The van der Waals surface area contributed by atoms with Crippen LogP contribution in [-0.2, 0) is 27.8 Å². The van der Waals surface area contributed by atoms with Crippen LogP contribution in [0, 0.1) is 0 Å². The molecule has 0 saturated heterocycles. The number of aromatic amines is 1. The number of hydrogen-bond acceptors (Lipinski definition) is 7. The maximum Gasteiger partial charge on any atom is 0.338 e. The topological polar surface area (TPSA) is 119 Å². The predicted octanol–water partition coefficient (Wildman–Crippen LogP) is 3.50. The monoisotopic (exact) mass is 507 g/mol. The second-order valence-corrected chi connectivity index (χ2v) is 9.89. The van der Waals surface area contributed by atoms with Crippen LogP contribution in [0.4, 0.5) is 0 Å². The summed E-state index contributed by atoms with van der Waals surface area (Å²) in [6.07, 6.45) is 3.17. The fourth-order valence-electron chi connectivity index (χ4n) is 3.71. The summed E-state index contributed by atoms with van der Waals surface area (Å²) in [5.74, 6) is 0.0776. The molecule has 0 unspecified atom stereocenters. The molecule has 4 aromatic rings. The van der Waals surface area contributed by atoms with Gasteiger partial charge in [0, 0.05) is 41.9 Å². The number of nitrogens with one attached hydrogen (secondary N) is 1. The Morgan fingerprint density at radius 3 is 2.50 bits per heavy atom. The standard InChI is InChI=1S/C26H25N3O6S/c1-3-35-26(31)19-6-9-23(10-7-19)36(32,33)29(16-18-5-4-12-27-15-18)17-21-13-20-14-22(34-2)8-11-24(20)28-25(21)30/h4-15H,3,16-17H2,1-2H3,(H,28,30). The van der Waals surface area contributed by atoms with E-state index in [0.29, 0.717) is 22.2 Å². The number of pyridine rings is 2. The van der Waals surface area contributed by atoms with Crippen LogP contribution < -0.4 is 10.3 Å². The number of ether oxygens (including phenoxy) is 2. The molecule has 2 aromatic carbocycles. The maximum absolute atomic E-state index is 13.7. The largest absolute Gasteiger partial charge is 0.497 e. The number of carbonyl (C=O) groups is 1. The van der Waals surface area contributed by atoms with Crippen LogP contribution in [0.1, 0.15) is 28.4 Å². The van der Waals surface area contributed by atoms with E-state index in [1.165, 1.54) is 28.6 Å². The molecule has 10 heteroatoms. The molecular formula is C26H25N3O6S. The minimum absolute atomic E-state index is 0.00854. The highest BCUT2D eigenvalue weighted by molar-refractivity contribution is 7.89. The Hall–Kier alpha value is -4.02. The van der Waals surface area contributed by atoms with Gasteiger partial charge in [0.05, 0.1) is 24.2 Å². The van der Waals surface area contributed by atoms with Crippen LogP contribution in [-0.4, -0.2) is 42.4 Å². The van der Waals surface area contributed by atoms with Crippen LogP contribution in [0.3, 0.4) is 0 Å². The van der Waals surface area contributed by atoms with E-state index in [4.69, 9.17) is 9.47 Å². The molecule has 0 atom stereocenters. The van der Waals surface area contributed by atoms with E-state index in [9.17, 15) is 18.0 Å². The fraction of sp³-hybridized carbons (Fsp3) is 0.192. The van der Waals surface area contributed by atoms with E-state index in [2.05, 4.69) is 9.97 Å². The normalized spacial score (nSPS) is 11.5. The molecular weight excluding hydrogens is 482 g/mol. The summed E-state index contributed by atoms with van der Waals surface area (Å²) in [6, 6.07) is 15.9. The molecule has 0 aliphatic rings. The summed E-state index contributed by atoms with van der Waals surface area (Å²) >= 11 is 0. The lowest BCUT2D eigenvalue weighted by Gasteiger charge is -2.22. The van der Waals surface area contributed by atoms with Crippen molar-refractivity contribution in [3.8, 4) is 5.75 Å². The number of H-pyrrole nitrogens is 1. The number of esters is 1. The first kappa shape index (κ1) is 25.1. The Bertz CT molecular complexity index is 1530. The number of fused-ring (bicyclic) bond motifs is 1. The predicted molar refractivity (Wildman–Crippen MR) is 134 cm³/mol. The summed E-state index contributed by atoms with van der Waals surface area (Å²) in [7, 11) is -2.51. The molecule has 4 rings (SSSR count). The second kappa shape index (κ2) is 10.7. The molecule has 0 saturated carbocycles. The molecule has 2 aromatic heterocycles. The van der Waals surface area contributed by atoms with Gasteiger partial charge in [0.25, 0.3) is 5.56 Å². The van der Waals surface area contributed by atoms with E-state index in [1.807, 2.05) is 0 Å². The third-order valence-electron chi connectivity index (χ3n) is 5.56. The summed E-state index contributed by atoms with van der Waals surface area (Å²) in [5, 5.41) is 0.710. The van der Waals surface area contributed by atoms with Crippen LogP contribution in [0.2, 0.25) is 0 Å². The highest BCUT2D eigenvalue weighted by Crippen LogP contribution is 2.23. The van der Waals surface area contributed by atoms with Gasteiger partial charge in [0.15, 0.2) is 0 Å². The van der Waals surface area contributed by atoms with E-state index in [1.54, 1.807) is 62.8 Å². The number of rotatable bonds is 9. The van der Waals surface area contributed by atoms with Crippen LogP contribution >= 0.6 is 0 Å². The summed E-state index contributed by atoms with van der Waals surface area (Å²) in [6.45, 7) is 1.71. The van der Waals surface area contributed by atoms with Crippen LogP contribution in [0.5, 0.6) is 5.75 Å². The van der Waals surface area contributed by atoms with Gasteiger partial charge < -0.3 is 14.5 Å². The molecule has 0 bridgehead atoms. The van der Waals surface area contributed by atoms with Crippen molar-refractivity contribution in [1.29, 1.82) is 0 Å². The Kier molecular flexibility index (Phi) is 7.47. The van der Waals surface area contributed by atoms with Gasteiger partial charge in [-0.25, -0.2) is 13.2 Å². The van der Waals surface area contributed by atoms with E-state index < -0.39 is 21.6 Å². The first-order valence-corrected chi connectivity index (χ1v) is 12.6. The zero-order valence-corrected chi connectivity index (χ0v) is 20.6. The molecule has 2 heterocycles. The lowest BCUT2D eigenvalue weighted by Crippen LogP contribution is -2.32. The Labute approximate surface area is 208 Å². The summed E-state index contributed by atoms with van der Waals surface area (Å²) < 4.78 is 38.8. The molecule has 9 nitrogen and oxygen atoms in total. The number of methoxy groups -OCH3 is 1. The van der Waals surface area contributed by atoms with Crippen molar-refractivity contribution >= 4 is 26.9 Å². The number of nitrogens with zero attached hydrogens (tertiary/aromatic N) is 2. The Balaban J connectivity index is 1.73. The molecule has 186 valence electrons. The van der Waals surface area contributed by atoms with Gasteiger partial charge in [-0.15, -0.1) is 0 Å². The molecule has 0 aliphatic heterocycles. The molecule has 1 N–H and O–H groups in total. The summed E-state index contributed by atoms with van der Waals surface area (Å²) in [5.41, 5.74) is 1.39. The van der Waals surface area contributed by atoms with Crippen molar-refractivity contribution < 1.29 is 22.7 Å². The van der Waals surface area contributed by atoms with E-state index in [-0.39, 0.29) is 35.7 Å². The van der Waals surface area contributed by atoms with Crippen molar-refractivity contribution in [2.45, 2.75) is 24.9 Å². The van der Waals surface area contributed by atoms with E-state index >= 15 is 0 Å². The van der Waals surface area contributed by atoms with Gasteiger partial charge in [-0.05, 0) is 67.1 Å². The fourth-order valence-corrected chi connectivity index (χ4v) is 5.12. The Morgan fingerprint density at radius 1 is 1.06 bits per heavy atom. The third kappa shape index (κ3) is 5.45. The SMILES string of the molecule is CCOC(=O)c1ccc(S(=O)(=O)N(Cc2cccnc2)Cc2cc3cc(OC)ccc3[nH]c2=O)cc1. The minimum atomic E-state index is -4.06. The highest BCUT2D eigenvalue weighted by Gasteiger charge is 2.26. The number of sulfonamides is 1. The van der Waals surface area contributed by atoms with E-state index in [0.717, 1.165) is 0 Å². The zero-order chi connectivity index (χ0) is 25.7. The average molecular weight is 508 g/mol. The van der Waals surface area contributed by atoms with Gasteiger partial charge in [0.1, 0.15) is 5.75 Å². The van der Waals surface area contributed by atoms with Gasteiger partial charge >= 0.3 is 5.97 Å². The molecule has 0 aliphatic carbocycles. The van der Waals surface area contributed by atoms with Crippen LogP contribution in [0.15, 0.2) is 82.7 Å². The Morgan fingerprint density at radius 2 is 1.83 bits per heavy atom. The molecule has 0 spiro atoms. The highest BCUT2D eigenvalue weighted by atomic mass is 32.2. The maximum atomic E-state index is 13.7. The molecule has 0 fully saturated rings. The molecule has 0 amide bonds. The number of hydrogen-bond donors (Lipinski definition) is 1. The van der Waals surface area contributed by atoms with Gasteiger partial charge in [0.2, 0.25) is 10.0 Å². The quantitative estimate of drug-likeness (QED) is 0.345. The number of benzene rings is 2. The van der Waals surface area contributed by atoms with Crippen molar-refractivity contribution in [3.63, 3.8) is 0 Å². The summed E-state index contributed by atoms with van der Waals surface area (Å²) in [4.78, 5) is 31.7. The smallest absolute Gasteiger partial charge is 0.338 e. The molecule has 36 heavy (non-hydrogen) atoms. The third-order valence-corrected chi connectivity index (χ3v) is 7.37. The zero-order valence-electron chi connectivity index (χ0n) is 19.8. The first-order chi connectivity index (χ1) is 17.3. The van der Waals surface area contributed by atoms with Crippen molar-refractivity contribution in [2.75, 3.05) is 13.7 Å². The number of carbonyl (C=O) groups excluding carboxylic acids is 1. The van der Waals surface area contributed by atoms with Gasteiger partial charge in [-0.1, -0.05) is 6.07 Å². The van der Waals surface area contributed by atoms with Gasteiger partial charge in [-0.2, -0.15) is 4.31 Å². The van der Waals surface area contributed by atoms with Crippen molar-refractivity contribution in [1.82, 2.24) is 14.3 Å². The lowest BCUT2D eigenvalue weighted by atomic mass is 10.1. The minimum Gasteiger partial charge on any atom is -0.497 e. The van der Waals surface area contributed by atoms with Crippen molar-refractivity contribution in [2.24, 2.45) is 0 Å². The molecule has 0 radical (unpaired) electrons. The van der Waals surface area contributed by atoms with Crippen molar-refractivity contribution in [3.05, 3.63) is 100 Å². The number of aromatic nitrogens is 2. The van der Waals surface area contributed by atoms with Gasteiger partial charge in [-0.3, -0.25) is 9.78 Å². The second-order valence-electron chi connectivity index (χ2n) is 7.96.